The number of phenols is 1. The van der Waals surface area contributed by atoms with Crippen molar-refractivity contribution in [1.29, 1.82) is 0 Å². The zero-order chi connectivity index (χ0) is 15.7. The van der Waals surface area contributed by atoms with Crippen molar-refractivity contribution < 1.29 is 9.90 Å². The van der Waals surface area contributed by atoms with Gasteiger partial charge in [0.2, 0.25) is 0 Å². The van der Waals surface area contributed by atoms with Crippen molar-refractivity contribution in [2.24, 2.45) is 0 Å². The van der Waals surface area contributed by atoms with Crippen molar-refractivity contribution in [3.8, 4) is 5.75 Å². The first-order chi connectivity index (χ1) is 10.6. The van der Waals surface area contributed by atoms with Crippen LogP contribution in [-0.2, 0) is 0 Å². The van der Waals surface area contributed by atoms with Crippen LogP contribution in [0.4, 0.5) is 0 Å². The Kier molecular flexibility index (Phi) is 4.06. The van der Waals surface area contributed by atoms with Gasteiger partial charge in [0.25, 0.3) is 5.91 Å². The molecule has 1 N–H and O–H groups in total. The highest BCUT2D eigenvalue weighted by molar-refractivity contribution is 5.95. The summed E-state index contributed by atoms with van der Waals surface area (Å²) in [5, 5.41) is 10.0. The minimum atomic E-state index is 0.0624. The van der Waals surface area contributed by atoms with Crippen LogP contribution in [-0.4, -0.2) is 29.0 Å². The number of hydrogen-bond donors (Lipinski definition) is 1. The number of carbonyl (C=O) groups excluding carboxylic acids is 1. The van der Waals surface area contributed by atoms with E-state index in [1.807, 2.05) is 11.0 Å². The fourth-order valence-electron chi connectivity index (χ4n) is 3.23. The van der Waals surface area contributed by atoms with E-state index in [9.17, 15) is 9.90 Å². The fraction of sp³-hybridized carbons (Fsp3) is 0.421. The highest BCUT2D eigenvalue weighted by atomic mass is 16.3. The second-order valence-electron chi connectivity index (χ2n) is 6.31. The summed E-state index contributed by atoms with van der Waals surface area (Å²) in [4.78, 5) is 14.7. The first kappa shape index (κ1) is 14.9. The molecule has 0 aromatic heterocycles. The Balaban J connectivity index is 1.80. The molecule has 0 saturated carbocycles. The van der Waals surface area contributed by atoms with Crippen molar-refractivity contribution >= 4 is 5.91 Å². The van der Waals surface area contributed by atoms with Gasteiger partial charge >= 0.3 is 0 Å². The molecule has 1 aromatic carbocycles. The van der Waals surface area contributed by atoms with E-state index in [-0.39, 0.29) is 17.6 Å². The summed E-state index contributed by atoms with van der Waals surface area (Å²) in [6.07, 6.45) is 7.44. The van der Waals surface area contributed by atoms with Gasteiger partial charge in [-0.1, -0.05) is 26.0 Å². The van der Waals surface area contributed by atoms with Crippen LogP contribution in [0.15, 0.2) is 41.5 Å². The third-order valence-electron chi connectivity index (χ3n) is 4.83. The van der Waals surface area contributed by atoms with Gasteiger partial charge in [0.1, 0.15) is 5.75 Å². The van der Waals surface area contributed by atoms with E-state index in [0.717, 1.165) is 31.4 Å². The van der Waals surface area contributed by atoms with Crippen LogP contribution in [0.3, 0.4) is 0 Å². The van der Waals surface area contributed by atoms with Crippen LogP contribution in [0, 0.1) is 0 Å². The topological polar surface area (TPSA) is 40.5 Å². The third-order valence-corrected chi connectivity index (χ3v) is 4.83. The number of benzene rings is 1. The molecule has 1 aliphatic carbocycles. The summed E-state index contributed by atoms with van der Waals surface area (Å²) in [5.74, 6) is 0.598. The van der Waals surface area contributed by atoms with E-state index in [1.165, 1.54) is 11.1 Å². The molecular formula is C19H23NO2. The molecule has 1 aliphatic heterocycles. The molecule has 1 unspecified atom stereocenters. The predicted molar refractivity (Wildman–Crippen MR) is 88.1 cm³/mol. The number of phenolic OH excluding ortho intramolecular Hbond substituents is 1. The second-order valence-corrected chi connectivity index (χ2v) is 6.31. The number of allylic oxidation sites excluding steroid dienone is 1. The lowest BCUT2D eigenvalue weighted by Gasteiger charge is -2.18. The second kappa shape index (κ2) is 5.99. The first-order valence-corrected chi connectivity index (χ1v) is 8.09. The monoisotopic (exact) mass is 297 g/mol. The summed E-state index contributed by atoms with van der Waals surface area (Å²) in [6, 6.07) is 5.24. The zero-order valence-corrected chi connectivity index (χ0v) is 13.3. The van der Waals surface area contributed by atoms with Crippen molar-refractivity contribution in [2.45, 2.75) is 39.0 Å². The molecular weight excluding hydrogens is 274 g/mol. The number of hydrogen-bond acceptors (Lipinski definition) is 2. The Morgan fingerprint density at radius 3 is 2.91 bits per heavy atom. The summed E-state index contributed by atoms with van der Waals surface area (Å²) < 4.78 is 0. The molecule has 116 valence electrons. The number of rotatable bonds is 3. The van der Waals surface area contributed by atoms with E-state index in [2.05, 4.69) is 26.0 Å². The average molecular weight is 297 g/mol. The van der Waals surface area contributed by atoms with Gasteiger partial charge in [0.15, 0.2) is 0 Å². The molecule has 0 spiro atoms. The van der Waals surface area contributed by atoms with Crippen LogP contribution in [0.2, 0.25) is 0 Å². The molecule has 3 heteroatoms. The van der Waals surface area contributed by atoms with Gasteiger partial charge in [0.05, 0.1) is 0 Å². The number of amides is 1. The third kappa shape index (κ3) is 2.68. The average Bonchev–Trinajstić information content (AvgIpc) is 2.98. The molecule has 0 bridgehead atoms. The Bertz CT molecular complexity index is 657. The lowest BCUT2D eigenvalue weighted by Crippen LogP contribution is -2.29. The van der Waals surface area contributed by atoms with E-state index >= 15 is 0 Å². The molecule has 0 radical (unpaired) electrons. The molecule has 1 amide bonds. The van der Waals surface area contributed by atoms with Crippen LogP contribution in [0.25, 0.3) is 0 Å². The van der Waals surface area contributed by atoms with Crippen molar-refractivity contribution in [3.05, 3.63) is 52.6 Å². The van der Waals surface area contributed by atoms with Gasteiger partial charge in [-0.25, -0.2) is 0 Å². The quantitative estimate of drug-likeness (QED) is 0.915. The predicted octanol–water partition coefficient (Wildman–Crippen LogP) is 4.01. The highest BCUT2D eigenvalue weighted by Gasteiger charge is 2.26. The fourth-order valence-corrected chi connectivity index (χ4v) is 3.23. The lowest BCUT2D eigenvalue weighted by molar-refractivity contribution is 0.0796. The van der Waals surface area contributed by atoms with Gasteiger partial charge in [0, 0.05) is 18.7 Å². The zero-order valence-electron chi connectivity index (χ0n) is 13.3. The van der Waals surface area contributed by atoms with Gasteiger partial charge in [-0.05, 0) is 60.1 Å². The van der Waals surface area contributed by atoms with Crippen LogP contribution >= 0.6 is 0 Å². The van der Waals surface area contributed by atoms with Crippen LogP contribution < -0.4 is 0 Å². The number of aromatic hydroxyl groups is 1. The summed E-state index contributed by atoms with van der Waals surface area (Å²) in [5.41, 5.74) is 4.25. The van der Waals surface area contributed by atoms with Gasteiger partial charge in [-0.2, -0.15) is 0 Å². The highest BCUT2D eigenvalue weighted by Crippen LogP contribution is 2.31. The van der Waals surface area contributed by atoms with Crippen molar-refractivity contribution in [2.75, 3.05) is 13.1 Å². The SMILES string of the molecule is CCC(C)c1cc(C(=O)N2CC3=C(CCC=C3)C2)ccc1O. The molecule has 3 rings (SSSR count). The smallest absolute Gasteiger partial charge is 0.254 e. The van der Waals surface area contributed by atoms with E-state index in [4.69, 9.17) is 0 Å². The number of carbonyl (C=O) groups is 1. The Morgan fingerprint density at radius 1 is 1.36 bits per heavy atom. The molecule has 0 saturated heterocycles. The standard InChI is InChI=1S/C19H23NO2/c1-3-13(2)17-10-14(8-9-18(17)21)19(22)20-11-15-6-4-5-7-16(15)12-20/h4,6,8-10,13,21H,3,5,7,11-12H2,1-2H3. The molecule has 22 heavy (non-hydrogen) atoms. The maximum atomic E-state index is 12.8. The number of nitrogens with zero attached hydrogens (tertiary/aromatic N) is 1. The maximum Gasteiger partial charge on any atom is 0.254 e. The lowest BCUT2D eigenvalue weighted by atomic mass is 9.95. The first-order valence-electron chi connectivity index (χ1n) is 8.09. The normalized spacial score (nSPS) is 18.5. The molecule has 0 fully saturated rings. The van der Waals surface area contributed by atoms with Gasteiger partial charge in [-0.15, -0.1) is 0 Å². The van der Waals surface area contributed by atoms with Gasteiger partial charge in [-0.3, -0.25) is 4.79 Å². The van der Waals surface area contributed by atoms with Crippen molar-refractivity contribution in [1.82, 2.24) is 4.90 Å². The molecule has 1 atom stereocenters. The van der Waals surface area contributed by atoms with E-state index < -0.39 is 0 Å². The summed E-state index contributed by atoms with van der Waals surface area (Å²) >= 11 is 0. The van der Waals surface area contributed by atoms with Crippen LogP contribution in [0.5, 0.6) is 5.75 Å². The minimum absolute atomic E-state index is 0.0624. The molecule has 3 nitrogen and oxygen atoms in total. The van der Waals surface area contributed by atoms with E-state index in [1.54, 1.807) is 12.1 Å². The van der Waals surface area contributed by atoms with Crippen molar-refractivity contribution in [3.63, 3.8) is 0 Å². The van der Waals surface area contributed by atoms with Crippen LogP contribution in [0.1, 0.15) is 54.9 Å². The Hall–Kier alpha value is -2.03. The minimum Gasteiger partial charge on any atom is -0.508 e. The molecule has 1 aromatic rings. The summed E-state index contributed by atoms with van der Waals surface area (Å²) in [7, 11) is 0. The Morgan fingerprint density at radius 2 is 2.18 bits per heavy atom. The van der Waals surface area contributed by atoms with Gasteiger partial charge < -0.3 is 10.0 Å². The van der Waals surface area contributed by atoms with E-state index in [0.29, 0.717) is 12.1 Å². The summed E-state index contributed by atoms with van der Waals surface area (Å²) in [6.45, 7) is 5.62. The molecule has 2 aliphatic rings. The molecule has 1 heterocycles. The Labute approximate surface area is 132 Å². The largest absolute Gasteiger partial charge is 0.508 e. The maximum absolute atomic E-state index is 12.8.